The average molecular weight is 221 g/mol. The second-order valence-electron chi connectivity index (χ2n) is 4.96. The first-order valence-corrected chi connectivity index (χ1v) is 5.94. The predicted molar refractivity (Wildman–Crippen MR) is 63.2 cm³/mol. The maximum atomic E-state index is 11.5. The van der Waals surface area contributed by atoms with Crippen molar-refractivity contribution in [3.05, 3.63) is 27.9 Å². The molecule has 1 saturated carbocycles. The highest BCUT2D eigenvalue weighted by atomic mass is 16.1. The Labute approximate surface area is 95.3 Å². The third-order valence-corrected chi connectivity index (χ3v) is 3.39. The number of hydrogen-bond acceptors (Lipinski definition) is 3. The van der Waals surface area contributed by atoms with Gasteiger partial charge in [-0.1, -0.05) is 20.3 Å². The molecule has 88 valence electrons. The van der Waals surface area contributed by atoms with Gasteiger partial charge in [0.25, 0.3) is 0 Å². The SMILES string of the molecule is CC(C)C(N)c1cc(C2CCC2)[nH]c(=O)n1. The van der Waals surface area contributed by atoms with Crippen LogP contribution in [0.15, 0.2) is 10.9 Å². The minimum absolute atomic E-state index is 0.152. The monoisotopic (exact) mass is 221 g/mol. The lowest BCUT2D eigenvalue weighted by Gasteiger charge is -2.26. The molecule has 0 bridgehead atoms. The van der Waals surface area contributed by atoms with Gasteiger partial charge in [-0.2, -0.15) is 4.98 Å². The molecule has 1 heterocycles. The minimum Gasteiger partial charge on any atom is -0.322 e. The molecular weight excluding hydrogens is 202 g/mol. The maximum Gasteiger partial charge on any atom is 0.345 e. The van der Waals surface area contributed by atoms with Crippen molar-refractivity contribution >= 4 is 0 Å². The van der Waals surface area contributed by atoms with Gasteiger partial charge in [-0.05, 0) is 30.7 Å². The lowest BCUT2D eigenvalue weighted by molar-refractivity contribution is 0.407. The first-order chi connectivity index (χ1) is 7.58. The van der Waals surface area contributed by atoms with Crippen molar-refractivity contribution in [2.24, 2.45) is 11.7 Å². The quantitative estimate of drug-likeness (QED) is 0.816. The molecule has 0 amide bonds. The Bertz CT molecular complexity index is 421. The molecule has 4 nitrogen and oxygen atoms in total. The van der Waals surface area contributed by atoms with Crippen LogP contribution in [0.3, 0.4) is 0 Å². The molecule has 4 heteroatoms. The summed E-state index contributed by atoms with van der Waals surface area (Å²) in [5, 5.41) is 0. The summed E-state index contributed by atoms with van der Waals surface area (Å²) in [6, 6.07) is 1.82. The van der Waals surface area contributed by atoms with Crippen molar-refractivity contribution < 1.29 is 0 Å². The second-order valence-corrected chi connectivity index (χ2v) is 4.96. The third kappa shape index (κ3) is 2.16. The van der Waals surface area contributed by atoms with Crippen molar-refractivity contribution in [3.8, 4) is 0 Å². The molecule has 16 heavy (non-hydrogen) atoms. The number of aromatic amines is 1. The zero-order valence-electron chi connectivity index (χ0n) is 9.86. The molecule has 1 aromatic rings. The van der Waals surface area contributed by atoms with Crippen LogP contribution >= 0.6 is 0 Å². The predicted octanol–water partition coefficient (Wildman–Crippen LogP) is 1.69. The summed E-state index contributed by atoms with van der Waals surface area (Å²) in [6.07, 6.45) is 3.58. The van der Waals surface area contributed by atoms with Gasteiger partial charge in [-0.15, -0.1) is 0 Å². The number of hydrogen-bond donors (Lipinski definition) is 2. The van der Waals surface area contributed by atoms with Gasteiger partial charge in [0, 0.05) is 11.7 Å². The fourth-order valence-electron chi connectivity index (χ4n) is 1.95. The molecule has 0 saturated heterocycles. The Morgan fingerprint density at radius 2 is 2.19 bits per heavy atom. The Morgan fingerprint density at radius 3 is 2.69 bits per heavy atom. The van der Waals surface area contributed by atoms with Crippen molar-refractivity contribution in [2.75, 3.05) is 0 Å². The first kappa shape index (κ1) is 11.3. The molecule has 1 aliphatic carbocycles. The molecule has 1 unspecified atom stereocenters. The van der Waals surface area contributed by atoms with Crippen LogP contribution in [-0.2, 0) is 0 Å². The summed E-state index contributed by atoms with van der Waals surface area (Å²) in [4.78, 5) is 18.2. The lowest BCUT2D eigenvalue weighted by Crippen LogP contribution is -2.25. The van der Waals surface area contributed by atoms with Crippen LogP contribution in [0.25, 0.3) is 0 Å². The van der Waals surface area contributed by atoms with E-state index in [2.05, 4.69) is 9.97 Å². The van der Waals surface area contributed by atoms with E-state index in [4.69, 9.17) is 5.73 Å². The Morgan fingerprint density at radius 1 is 1.50 bits per heavy atom. The lowest BCUT2D eigenvalue weighted by atomic mass is 9.82. The van der Waals surface area contributed by atoms with E-state index in [-0.39, 0.29) is 11.7 Å². The summed E-state index contributed by atoms with van der Waals surface area (Å²) in [5.74, 6) is 0.803. The van der Waals surface area contributed by atoms with Gasteiger partial charge in [0.2, 0.25) is 0 Å². The molecule has 1 aliphatic rings. The van der Waals surface area contributed by atoms with Crippen LogP contribution in [-0.4, -0.2) is 9.97 Å². The van der Waals surface area contributed by atoms with Crippen molar-refractivity contribution in [1.29, 1.82) is 0 Å². The fourth-order valence-corrected chi connectivity index (χ4v) is 1.95. The molecule has 1 fully saturated rings. The zero-order chi connectivity index (χ0) is 11.7. The van der Waals surface area contributed by atoms with Gasteiger partial charge in [0.05, 0.1) is 5.69 Å². The summed E-state index contributed by atoms with van der Waals surface area (Å²) < 4.78 is 0. The van der Waals surface area contributed by atoms with Crippen molar-refractivity contribution in [1.82, 2.24) is 9.97 Å². The highest BCUT2D eigenvalue weighted by Gasteiger charge is 2.22. The van der Waals surface area contributed by atoms with E-state index in [9.17, 15) is 4.79 Å². The van der Waals surface area contributed by atoms with Crippen LogP contribution in [0.5, 0.6) is 0 Å². The van der Waals surface area contributed by atoms with Crippen molar-refractivity contribution in [2.45, 2.75) is 45.1 Å². The number of rotatable bonds is 3. The summed E-state index contributed by atoms with van der Waals surface area (Å²) in [6.45, 7) is 4.08. The van der Waals surface area contributed by atoms with Gasteiger partial charge in [0.1, 0.15) is 0 Å². The van der Waals surface area contributed by atoms with E-state index >= 15 is 0 Å². The van der Waals surface area contributed by atoms with Crippen LogP contribution in [0.2, 0.25) is 0 Å². The fraction of sp³-hybridized carbons (Fsp3) is 0.667. The summed E-state index contributed by atoms with van der Waals surface area (Å²) >= 11 is 0. The molecule has 1 atom stereocenters. The van der Waals surface area contributed by atoms with Gasteiger partial charge >= 0.3 is 5.69 Å². The highest BCUT2D eigenvalue weighted by Crippen LogP contribution is 2.35. The number of nitrogens with two attached hydrogens (primary N) is 1. The van der Waals surface area contributed by atoms with Crippen LogP contribution < -0.4 is 11.4 Å². The van der Waals surface area contributed by atoms with E-state index in [1.807, 2.05) is 19.9 Å². The second kappa shape index (κ2) is 4.37. The number of nitrogens with one attached hydrogen (secondary N) is 1. The number of nitrogens with zero attached hydrogens (tertiary/aromatic N) is 1. The van der Waals surface area contributed by atoms with Gasteiger partial charge in [0.15, 0.2) is 0 Å². The molecule has 2 rings (SSSR count). The minimum atomic E-state index is -0.268. The van der Waals surface area contributed by atoms with Gasteiger partial charge < -0.3 is 10.7 Å². The van der Waals surface area contributed by atoms with Crippen LogP contribution in [0.4, 0.5) is 0 Å². The third-order valence-electron chi connectivity index (χ3n) is 3.39. The Hall–Kier alpha value is -1.16. The normalized spacial score (nSPS) is 18.5. The van der Waals surface area contributed by atoms with E-state index in [0.29, 0.717) is 11.8 Å². The molecule has 0 spiro atoms. The molecule has 1 aromatic heterocycles. The first-order valence-electron chi connectivity index (χ1n) is 5.94. The van der Waals surface area contributed by atoms with Gasteiger partial charge in [-0.3, -0.25) is 0 Å². The van der Waals surface area contributed by atoms with Gasteiger partial charge in [-0.25, -0.2) is 4.79 Å². The van der Waals surface area contributed by atoms with E-state index in [1.165, 1.54) is 6.42 Å². The molecular formula is C12H19N3O. The average Bonchev–Trinajstić information content (AvgIpc) is 2.12. The molecule has 3 N–H and O–H groups in total. The molecule has 0 aromatic carbocycles. The highest BCUT2D eigenvalue weighted by molar-refractivity contribution is 5.17. The largest absolute Gasteiger partial charge is 0.345 e. The molecule has 0 aliphatic heterocycles. The summed E-state index contributed by atoms with van der Waals surface area (Å²) in [5.41, 5.74) is 7.49. The van der Waals surface area contributed by atoms with E-state index < -0.39 is 0 Å². The van der Waals surface area contributed by atoms with E-state index in [0.717, 1.165) is 24.2 Å². The zero-order valence-corrected chi connectivity index (χ0v) is 9.86. The Kier molecular flexibility index (Phi) is 3.10. The van der Waals surface area contributed by atoms with Crippen LogP contribution in [0.1, 0.15) is 56.5 Å². The number of H-pyrrole nitrogens is 1. The smallest absolute Gasteiger partial charge is 0.322 e. The van der Waals surface area contributed by atoms with Crippen LogP contribution in [0, 0.1) is 5.92 Å². The Balaban J connectivity index is 2.31. The molecule has 0 radical (unpaired) electrons. The topological polar surface area (TPSA) is 71.8 Å². The summed E-state index contributed by atoms with van der Waals surface area (Å²) in [7, 11) is 0. The standard InChI is InChI=1S/C12H19N3O/c1-7(2)11(13)10-6-9(8-4-3-5-8)14-12(16)15-10/h6-8,11H,3-5,13H2,1-2H3,(H,14,15,16). The number of aromatic nitrogens is 2. The van der Waals surface area contributed by atoms with E-state index in [1.54, 1.807) is 0 Å². The van der Waals surface area contributed by atoms with Crippen molar-refractivity contribution in [3.63, 3.8) is 0 Å². The maximum absolute atomic E-state index is 11.5.